The van der Waals surface area contributed by atoms with Crippen LogP contribution in [0.25, 0.3) is 0 Å². The molecule has 0 bridgehead atoms. The van der Waals surface area contributed by atoms with E-state index in [9.17, 15) is 4.79 Å². The fraction of sp³-hybridized carbons (Fsp3) is 0.588. The fourth-order valence-corrected chi connectivity index (χ4v) is 4.09. The highest BCUT2D eigenvalue weighted by Gasteiger charge is 2.45. The third-order valence-electron chi connectivity index (χ3n) is 4.93. The van der Waals surface area contributed by atoms with Crippen molar-refractivity contribution in [2.75, 3.05) is 26.2 Å². The van der Waals surface area contributed by atoms with Gasteiger partial charge >= 0.3 is 0 Å². The van der Waals surface area contributed by atoms with Crippen molar-refractivity contribution in [3.63, 3.8) is 0 Å². The Morgan fingerprint density at radius 2 is 1.81 bits per heavy atom. The van der Waals surface area contributed by atoms with Gasteiger partial charge in [0, 0.05) is 25.0 Å². The van der Waals surface area contributed by atoms with Crippen molar-refractivity contribution in [2.24, 2.45) is 0 Å². The number of likely N-dealkylation sites (tertiary alicyclic amines) is 2. The Morgan fingerprint density at radius 3 is 2.43 bits per heavy atom. The summed E-state index contributed by atoms with van der Waals surface area (Å²) in [5.74, 6) is 0.182. The maximum atomic E-state index is 12.2. The Labute approximate surface area is 131 Å². The van der Waals surface area contributed by atoms with E-state index in [2.05, 4.69) is 21.9 Å². The maximum Gasteiger partial charge on any atom is 0.220 e. The van der Waals surface area contributed by atoms with E-state index in [-0.39, 0.29) is 11.4 Å². The molecule has 0 spiro atoms. The molecule has 3 nitrogen and oxygen atoms in total. The van der Waals surface area contributed by atoms with E-state index in [1.165, 1.54) is 18.4 Å². The van der Waals surface area contributed by atoms with Crippen LogP contribution in [-0.2, 0) is 10.3 Å². The molecule has 114 valence electrons. The first-order valence-electron chi connectivity index (χ1n) is 7.88. The summed E-state index contributed by atoms with van der Waals surface area (Å²) in [6.45, 7) is 5.82. The van der Waals surface area contributed by atoms with Crippen LogP contribution in [0, 0.1) is 0 Å². The van der Waals surface area contributed by atoms with Crippen LogP contribution in [-0.4, -0.2) is 41.9 Å². The number of hydrogen-bond donors (Lipinski definition) is 0. The number of carbonyl (C=O) groups is 1. The number of amides is 1. The predicted octanol–water partition coefficient (Wildman–Crippen LogP) is 3.27. The first-order valence-corrected chi connectivity index (χ1v) is 8.26. The Balaban J connectivity index is 1.96. The van der Waals surface area contributed by atoms with Crippen LogP contribution >= 0.6 is 11.6 Å². The number of nitrogens with zero attached hydrogens (tertiary/aromatic N) is 2. The van der Waals surface area contributed by atoms with Gasteiger partial charge in [-0.3, -0.25) is 4.79 Å². The summed E-state index contributed by atoms with van der Waals surface area (Å²) in [4.78, 5) is 16.7. The SMILES string of the molecule is CC(=O)N1CCCC1(CN1CCCC1)c1ccc(Cl)cc1. The van der Waals surface area contributed by atoms with E-state index in [0.717, 1.165) is 44.0 Å². The average Bonchev–Trinajstić information content (AvgIpc) is 3.10. The van der Waals surface area contributed by atoms with Gasteiger partial charge in [0.2, 0.25) is 5.91 Å². The summed E-state index contributed by atoms with van der Waals surface area (Å²) in [6.07, 6.45) is 4.67. The fourth-order valence-electron chi connectivity index (χ4n) is 3.96. The van der Waals surface area contributed by atoms with E-state index in [1.807, 2.05) is 12.1 Å². The summed E-state index contributed by atoms with van der Waals surface area (Å²) in [5, 5.41) is 0.752. The summed E-state index contributed by atoms with van der Waals surface area (Å²) >= 11 is 6.04. The number of rotatable bonds is 3. The van der Waals surface area contributed by atoms with Gasteiger partial charge in [-0.25, -0.2) is 0 Å². The molecule has 21 heavy (non-hydrogen) atoms. The molecule has 2 heterocycles. The van der Waals surface area contributed by atoms with Crippen LogP contribution in [0.1, 0.15) is 38.2 Å². The largest absolute Gasteiger partial charge is 0.332 e. The van der Waals surface area contributed by atoms with Crippen LogP contribution < -0.4 is 0 Å². The minimum absolute atomic E-state index is 0.166. The second-order valence-corrected chi connectivity index (χ2v) is 6.73. The highest BCUT2D eigenvalue weighted by atomic mass is 35.5. The normalized spacial score (nSPS) is 26.5. The molecule has 2 aliphatic heterocycles. The number of carbonyl (C=O) groups excluding carboxylic acids is 1. The van der Waals surface area contributed by atoms with Crippen LogP contribution in [0.15, 0.2) is 24.3 Å². The molecular weight excluding hydrogens is 284 g/mol. The zero-order valence-corrected chi connectivity index (χ0v) is 13.4. The highest BCUT2D eigenvalue weighted by molar-refractivity contribution is 6.30. The molecule has 1 aromatic carbocycles. The lowest BCUT2D eigenvalue weighted by Gasteiger charge is -2.41. The van der Waals surface area contributed by atoms with Crippen molar-refractivity contribution in [3.05, 3.63) is 34.9 Å². The number of benzene rings is 1. The van der Waals surface area contributed by atoms with Crippen molar-refractivity contribution >= 4 is 17.5 Å². The summed E-state index contributed by atoms with van der Waals surface area (Å²) in [5.41, 5.74) is 1.06. The molecule has 1 unspecified atom stereocenters. The van der Waals surface area contributed by atoms with Crippen molar-refractivity contribution in [3.8, 4) is 0 Å². The third kappa shape index (κ3) is 2.82. The van der Waals surface area contributed by atoms with Crippen LogP contribution in [0.3, 0.4) is 0 Å². The molecule has 1 amide bonds. The average molecular weight is 307 g/mol. The predicted molar refractivity (Wildman–Crippen MR) is 85.4 cm³/mol. The first-order chi connectivity index (χ1) is 10.1. The van der Waals surface area contributed by atoms with Gasteiger partial charge in [0.15, 0.2) is 0 Å². The van der Waals surface area contributed by atoms with Crippen molar-refractivity contribution in [2.45, 2.75) is 38.1 Å². The monoisotopic (exact) mass is 306 g/mol. The molecular formula is C17H23ClN2O. The standard InChI is InChI=1S/C17H23ClN2O/c1-14(21)20-12-4-9-17(20,13-19-10-2-3-11-19)15-5-7-16(18)8-6-15/h5-8H,2-4,9-13H2,1H3. The molecule has 0 aliphatic carbocycles. The molecule has 4 heteroatoms. The van der Waals surface area contributed by atoms with Gasteiger partial charge in [-0.05, 0) is 56.5 Å². The molecule has 0 N–H and O–H groups in total. The van der Waals surface area contributed by atoms with E-state index >= 15 is 0 Å². The lowest BCUT2D eigenvalue weighted by molar-refractivity contribution is -0.134. The van der Waals surface area contributed by atoms with E-state index in [0.29, 0.717) is 0 Å². The van der Waals surface area contributed by atoms with Gasteiger partial charge < -0.3 is 9.80 Å². The van der Waals surface area contributed by atoms with Crippen molar-refractivity contribution in [1.29, 1.82) is 0 Å². The lowest BCUT2D eigenvalue weighted by atomic mass is 9.86. The molecule has 1 aromatic rings. The molecule has 1 atom stereocenters. The topological polar surface area (TPSA) is 23.6 Å². The van der Waals surface area contributed by atoms with Gasteiger partial charge in [0.05, 0.1) is 5.54 Å². The van der Waals surface area contributed by atoms with E-state index in [4.69, 9.17) is 11.6 Å². The molecule has 0 saturated carbocycles. The molecule has 2 saturated heterocycles. The van der Waals surface area contributed by atoms with Gasteiger partial charge in [0.1, 0.15) is 0 Å². The maximum absolute atomic E-state index is 12.2. The number of halogens is 1. The van der Waals surface area contributed by atoms with Crippen LogP contribution in [0.4, 0.5) is 0 Å². The summed E-state index contributed by atoms with van der Waals surface area (Å²) in [7, 11) is 0. The van der Waals surface area contributed by atoms with E-state index < -0.39 is 0 Å². The Morgan fingerprint density at radius 1 is 1.14 bits per heavy atom. The molecule has 2 aliphatic rings. The van der Waals surface area contributed by atoms with Crippen LogP contribution in [0.5, 0.6) is 0 Å². The number of hydrogen-bond acceptors (Lipinski definition) is 2. The quantitative estimate of drug-likeness (QED) is 0.855. The second kappa shape index (κ2) is 5.98. The Bertz CT molecular complexity index is 510. The van der Waals surface area contributed by atoms with Crippen molar-refractivity contribution in [1.82, 2.24) is 9.80 Å². The minimum atomic E-state index is -0.166. The zero-order chi connectivity index (χ0) is 14.9. The summed E-state index contributed by atoms with van der Waals surface area (Å²) in [6, 6.07) is 8.08. The Hall–Kier alpha value is -1.06. The van der Waals surface area contributed by atoms with Crippen molar-refractivity contribution < 1.29 is 4.79 Å². The molecule has 0 radical (unpaired) electrons. The highest BCUT2D eigenvalue weighted by Crippen LogP contribution is 2.40. The Kier molecular flexibility index (Phi) is 4.23. The third-order valence-corrected chi connectivity index (χ3v) is 5.19. The molecule has 0 aromatic heterocycles. The van der Waals surface area contributed by atoms with Gasteiger partial charge in [-0.15, -0.1) is 0 Å². The van der Waals surface area contributed by atoms with Gasteiger partial charge in [-0.1, -0.05) is 23.7 Å². The smallest absolute Gasteiger partial charge is 0.220 e. The summed E-state index contributed by atoms with van der Waals surface area (Å²) < 4.78 is 0. The second-order valence-electron chi connectivity index (χ2n) is 6.30. The molecule has 2 fully saturated rings. The first kappa shape index (κ1) is 14.9. The van der Waals surface area contributed by atoms with Gasteiger partial charge in [0.25, 0.3) is 0 Å². The van der Waals surface area contributed by atoms with Gasteiger partial charge in [-0.2, -0.15) is 0 Å². The minimum Gasteiger partial charge on any atom is -0.332 e. The lowest BCUT2D eigenvalue weighted by Crippen LogP contribution is -2.51. The van der Waals surface area contributed by atoms with E-state index in [1.54, 1.807) is 6.92 Å². The van der Waals surface area contributed by atoms with Crippen LogP contribution in [0.2, 0.25) is 5.02 Å². The zero-order valence-electron chi connectivity index (χ0n) is 12.6. The molecule has 3 rings (SSSR count).